The Morgan fingerprint density at radius 1 is 1.38 bits per heavy atom. The molecule has 1 aliphatic rings. The van der Waals surface area contributed by atoms with E-state index in [4.69, 9.17) is 17.3 Å². The van der Waals surface area contributed by atoms with Gasteiger partial charge >= 0.3 is 0 Å². The third-order valence-corrected chi connectivity index (χ3v) is 4.34. The van der Waals surface area contributed by atoms with Crippen LogP contribution in [0.1, 0.15) is 31.2 Å². The highest BCUT2D eigenvalue weighted by atomic mass is 35.5. The zero-order valence-corrected chi connectivity index (χ0v) is 12.8. The molecule has 3 rings (SSSR count). The smallest absolute Gasteiger partial charge is 0.188 e. The molecule has 0 amide bonds. The van der Waals surface area contributed by atoms with Crippen LogP contribution in [-0.4, -0.2) is 23.5 Å². The molecule has 1 fully saturated rings. The number of aromatic amines is 1. The second kappa shape index (κ2) is 6.39. The third kappa shape index (κ3) is 3.50. The fourth-order valence-corrected chi connectivity index (χ4v) is 3.15. The van der Waals surface area contributed by atoms with E-state index in [0.29, 0.717) is 18.5 Å². The van der Waals surface area contributed by atoms with Crippen molar-refractivity contribution in [3.05, 3.63) is 35.0 Å². The van der Waals surface area contributed by atoms with Gasteiger partial charge in [-0.3, -0.25) is 4.99 Å². The third-order valence-electron chi connectivity index (χ3n) is 4.10. The summed E-state index contributed by atoms with van der Waals surface area (Å²) in [5, 5.41) is 5.23. The van der Waals surface area contributed by atoms with E-state index in [0.717, 1.165) is 17.0 Å². The first-order valence-electron chi connectivity index (χ1n) is 7.54. The van der Waals surface area contributed by atoms with Crippen LogP contribution in [0, 0.1) is 0 Å². The fraction of sp³-hybridized carbons (Fsp3) is 0.438. The monoisotopic (exact) mass is 304 g/mol. The van der Waals surface area contributed by atoms with Gasteiger partial charge in [-0.15, -0.1) is 0 Å². The molecule has 1 saturated carbocycles. The highest BCUT2D eigenvalue weighted by Gasteiger charge is 2.14. The average Bonchev–Trinajstić information content (AvgIpc) is 3.09. The van der Waals surface area contributed by atoms with Gasteiger partial charge in [-0.2, -0.15) is 0 Å². The van der Waals surface area contributed by atoms with Crippen molar-refractivity contribution in [2.45, 2.75) is 38.1 Å². The number of aliphatic imine (C=N–C) groups is 1. The lowest BCUT2D eigenvalue weighted by Crippen LogP contribution is -2.38. The van der Waals surface area contributed by atoms with Crippen LogP contribution in [0.2, 0.25) is 5.02 Å². The van der Waals surface area contributed by atoms with Gasteiger partial charge in [-0.25, -0.2) is 0 Å². The van der Waals surface area contributed by atoms with Crippen LogP contribution in [-0.2, 0) is 6.42 Å². The molecule has 2 aromatic rings. The molecule has 0 aliphatic heterocycles. The Bertz CT molecular complexity index is 641. The van der Waals surface area contributed by atoms with Crippen molar-refractivity contribution in [2.24, 2.45) is 10.7 Å². The summed E-state index contributed by atoms with van der Waals surface area (Å²) >= 11 is 6.06. The Morgan fingerprint density at radius 2 is 2.19 bits per heavy atom. The summed E-state index contributed by atoms with van der Waals surface area (Å²) in [5.74, 6) is 0.569. The molecular weight excluding hydrogens is 284 g/mol. The van der Waals surface area contributed by atoms with Gasteiger partial charge in [0.05, 0.1) is 0 Å². The average molecular weight is 305 g/mol. The van der Waals surface area contributed by atoms with E-state index in [1.807, 2.05) is 24.4 Å². The summed E-state index contributed by atoms with van der Waals surface area (Å²) in [6.45, 7) is 0.686. The first-order chi connectivity index (χ1) is 10.2. The number of halogens is 1. The van der Waals surface area contributed by atoms with Gasteiger partial charge in [0, 0.05) is 34.7 Å². The molecule has 4 N–H and O–H groups in total. The number of benzene rings is 1. The first kappa shape index (κ1) is 14.3. The number of guanidine groups is 1. The van der Waals surface area contributed by atoms with Gasteiger partial charge in [0.2, 0.25) is 0 Å². The normalized spacial score (nSPS) is 16.7. The zero-order valence-electron chi connectivity index (χ0n) is 12.0. The van der Waals surface area contributed by atoms with Gasteiger partial charge in [-0.1, -0.05) is 24.4 Å². The molecule has 0 bridgehead atoms. The number of hydrogen-bond acceptors (Lipinski definition) is 1. The molecule has 5 heteroatoms. The molecule has 0 radical (unpaired) electrons. The van der Waals surface area contributed by atoms with Crippen LogP contribution in [0.4, 0.5) is 0 Å². The molecule has 1 aromatic carbocycles. The van der Waals surface area contributed by atoms with Gasteiger partial charge in [0.1, 0.15) is 0 Å². The van der Waals surface area contributed by atoms with Crippen LogP contribution in [0.3, 0.4) is 0 Å². The quantitative estimate of drug-likeness (QED) is 0.600. The zero-order chi connectivity index (χ0) is 14.7. The molecule has 1 aliphatic carbocycles. The standard InChI is InChI=1S/C16H21ClN4/c17-12-5-6-15-14(9-12)11(10-20-15)7-8-19-16(18)21-13-3-1-2-4-13/h5-6,9-10,13,20H,1-4,7-8H2,(H3,18,19,21). The molecule has 112 valence electrons. The fourth-order valence-electron chi connectivity index (χ4n) is 2.98. The van der Waals surface area contributed by atoms with Gasteiger partial charge in [0.15, 0.2) is 5.96 Å². The Morgan fingerprint density at radius 3 is 3.00 bits per heavy atom. The number of aromatic nitrogens is 1. The van der Waals surface area contributed by atoms with Crippen molar-refractivity contribution in [3.63, 3.8) is 0 Å². The maximum atomic E-state index is 6.06. The van der Waals surface area contributed by atoms with Crippen molar-refractivity contribution in [2.75, 3.05) is 6.54 Å². The number of nitrogens with zero attached hydrogens (tertiary/aromatic N) is 1. The van der Waals surface area contributed by atoms with Crippen LogP contribution in [0.25, 0.3) is 10.9 Å². The summed E-state index contributed by atoms with van der Waals surface area (Å²) in [7, 11) is 0. The van der Waals surface area contributed by atoms with Crippen LogP contribution in [0.5, 0.6) is 0 Å². The van der Waals surface area contributed by atoms with E-state index in [2.05, 4.69) is 15.3 Å². The van der Waals surface area contributed by atoms with Crippen LogP contribution >= 0.6 is 11.6 Å². The van der Waals surface area contributed by atoms with E-state index in [9.17, 15) is 0 Å². The van der Waals surface area contributed by atoms with E-state index in [1.54, 1.807) is 0 Å². The Labute approximate surface area is 129 Å². The second-order valence-electron chi connectivity index (χ2n) is 5.65. The SMILES string of the molecule is NC(=NCCc1c[nH]c2ccc(Cl)cc12)NC1CCCC1. The van der Waals surface area contributed by atoms with Crippen LogP contribution < -0.4 is 11.1 Å². The summed E-state index contributed by atoms with van der Waals surface area (Å²) in [6.07, 6.45) is 7.88. The maximum absolute atomic E-state index is 6.06. The molecule has 0 atom stereocenters. The van der Waals surface area contributed by atoms with Crippen molar-refractivity contribution < 1.29 is 0 Å². The minimum atomic E-state index is 0.514. The summed E-state index contributed by atoms with van der Waals surface area (Å²) < 4.78 is 0. The molecule has 1 aromatic heterocycles. The van der Waals surface area contributed by atoms with Crippen molar-refractivity contribution in [1.29, 1.82) is 0 Å². The largest absolute Gasteiger partial charge is 0.370 e. The van der Waals surface area contributed by atoms with Gasteiger partial charge in [-0.05, 0) is 43.0 Å². The Hall–Kier alpha value is -1.68. The summed E-state index contributed by atoms with van der Waals surface area (Å²) in [6, 6.07) is 6.40. The minimum absolute atomic E-state index is 0.514. The first-order valence-corrected chi connectivity index (χ1v) is 7.92. The number of H-pyrrole nitrogens is 1. The lowest BCUT2D eigenvalue weighted by atomic mass is 10.1. The summed E-state index contributed by atoms with van der Waals surface area (Å²) in [4.78, 5) is 7.69. The molecule has 1 heterocycles. The van der Waals surface area contributed by atoms with Crippen molar-refractivity contribution >= 4 is 28.5 Å². The number of fused-ring (bicyclic) bond motifs is 1. The maximum Gasteiger partial charge on any atom is 0.188 e. The van der Waals surface area contributed by atoms with Gasteiger partial charge in [0.25, 0.3) is 0 Å². The number of nitrogens with one attached hydrogen (secondary N) is 2. The second-order valence-corrected chi connectivity index (χ2v) is 6.08. The Balaban J connectivity index is 1.59. The van der Waals surface area contributed by atoms with E-state index in [1.165, 1.54) is 36.6 Å². The highest BCUT2D eigenvalue weighted by molar-refractivity contribution is 6.31. The topological polar surface area (TPSA) is 66.2 Å². The number of nitrogens with two attached hydrogens (primary N) is 1. The Kier molecular flexibility index (Phi) is 4.34. The highest BCUT2D eigenvalue weighted by Crippen LogP contribution is 2.22. The minimum Gasteiger partial charge on any atom is -0.370 e. The number of rotatable bonds is 4. The molecule has 0 saturated heterocycles. The van der Waals surface area contributed by atoms with Gasteiger partial charge < -0.3 is 16.0 Å². The van der Waals surface area contributed by atoms with Crippen molar-refractivity contribution in [3.8, 4) is 0 Å². The molecule has 21 heavy (non-hydrogen) atoms. The van der Waals surface area contributed by atoms with E-state index < -0.39 is 0 Å². The van der Waals surface area contributed by atoms with E-state index in [-0.39, 0.29) is 0 Å². The predicted octanol–water partition coefficient (Wildman–Crippen LogP) is 3.21. The number of hydrogen-bond donors (Lipinski definition) is 3. The van der Waals surface area contributed by atoms with Crippen molar-refractivity contribution in [1.82, 2.24) is 10.3 Å². The molecule has 0 unspecified atom stereocenters. The lowest BCUT2D eigenvalue weighted by Gasteiger charge is -2.12. The molecular formula is C16H21ClN4. The lowest BCUT2D eigenvalue weighted by molar-refractivity contribution is 0.625. The summed E-state index contributed by atoms with van der Waals surface area (Å²) in [5.41, 5.74) is 8.27. The molecule has 0 spiro atoms. The molecule has 4 nitrogen and oxygen atoms in total. The van der Waals surface area contributed by atoms with Crippen LogP contribution in [0.15, 0.2) is 29.4 Å². The predicted molar refractivity (Wildman–Crippen MR) is 88.9 cm³/mol. The van der Waals surface area contributed by atoms with E-state index >= 15 is 0 Å².